The van der Waals surface area contributed by atoms with Gasteiger partial charge in [0.05, 0.1) is 14.2 Å². The van der Waals surface area contributed by atoms with Gasteiger partial charge in [-0.25, -0.2) is 9.98 Å². The molecule has 1 aliphatic rings. The molecule has 0 amide bonds. The molecule has 1 heterocycles. The van der Waals surface area contributed by atoms with E-state index in [0.717, 1.165) is 0 Å². The zero-order chi connectivity index (χ0) is 8.97. The van der Waals surface area contributed by atoms with Crippen LogP contribution in [0.25, 0.3) is 0 Å². The molecule has 0 fully saturated rings. The second kappa shape index (κ2) is 4.35. The van der Waals surface area contributed by atoms with Crippen LogP contribution in [0.5, 0.6) is 0 Å². The predicted octanol–water partition coefficient (Wildman–Crippen LogP) is 0.779. The van der Waals surface area contributed by atoms with Crippen molar-refractivity contribution in [3.63, 3.8) is 0 Å². The van der Waals surface area contributed by atoms with Crippen LogP contribution >= 0.6 is 11.8 Å². The SMILES string of the molecule is COC1=N[C@H](SC)C(OC)=NC1. The highest BCUT2D eigenvalue weighted by atomic mass is 32.2. The Bertz CT molecular complexity index is 215. The van der Waals surface area contributed by atoms with Crippen molar-refractivity contribution in [2.24, 2.45) is 9.98 Å². The van der Waals surface area contributed by atoms with Crippen molar-refractivity contribution >= 4 is 23.6 Å². The number of nitrogens with zero attached hydrogens (tertiary/aromatic N) is 2. The maximum atomic E-state index is 5.05. The van der Waals surface area contributed by atoms with Crippen molar-refractivity contribution in [1.82, 2.24) is 0 Å². The van der Waals surface area contributed by atoms with Crippen LogP contribution in [0.4, 0.5) is 0 Å². The average molecular weight is 188 g/mol. The van der Waals surface area contributed by atoms with Gasteiger partial charge in [0.2, 0.25) is 11.8 Å². The number of hydrogen-bond donors (Lipinski definition) is 0. The van der Waals surface area contributed by atoms with E-state index < -0.39 is 0 Å². The van der Waals surface area contributed by atoms with Gasteiger partial charge in [0.1, 0.15) is 6.54 Å². The molecule has 5 heteroatoms. The van der Waals surface area contributed by atoms with E-state index in [9.17, 15) is 0 Å². The molecule has 0 spiro atoms. The fourth-order valence-electron chi connectivity index (χ4n) is 0.887. The third-order valence-electron chi connectivity index (χ3n) is 1.51. The highest BCUT2D eigenvalue weighted by molar-refractivity contribution is 7.99. The summed E-state index contributed by atoms with van der Waals surface area (Å²) in [6.07, 6.45) is 1.96. The smallest absolute Gasteiger partial charge is 0.219 e. The highest BCUT2D eigenvalue weighted by Gasteiger charge is 2.19. The maximum Gasteiger partial charge on any atom is 0.219 e. The lowest BCUT2D eigenvalue weighted by molar-refractivity contribution is 0.371. The van der Waals surface area contributed by atoms with E-state index in [-0.39, 0.29) is 5.37 Å². The number of ether oxygens (including phenoxy) is 2. The molecule has 0 N–H and O–H groups in total. The first-order chi connectivity index (χ1) is 5.81. The minimum Gasteiger partial charge on any atom is -0.483 e. The lowest BCUT2D eigenvalue weighted by Crippen LogP contribution is -2.26. The zero-order valence-electron chi connectivity index (χ0n) is 7.40. The summed E-state index contributed by atoms with van der Waals surface area (Å²) in [6, 6.07) is 0. The standard InChI is InChI=1S/C7H12N2O2S/c1-10-5-4-8-6(11-2)7(9-5)12-3/h7H,4H2,1-3H3/t7-/m1/s1. The number of hydrogen-bond acceptors (Lipinski definition) is 5. The first kappa shape index (κ1) is 9.38. The van der Waals surface area contributed by atoms with E-state index in [2.05, 4.69) is 9.98 Å². The number of methoxy groups -OCH3 is 2. The Morgan fingerprint density at radius 3 is 2.67 bits per heavy atom. The molecule has 0 unspecified atom stereocenters. The van der Waals surface area contributed by atoms with Crippen LogP contribution in [0.2, 0.25) is 0 Å². The predicted molar refractivity (Wildman–Crippen MR) is 51.1 cm³/mol. The monoisotopic (exact) mass is 188 g/mol. The van der Waals surface area contributed by atoms with Crippen molar-refractivity contribution < 1.29 is 9.47 Å². The van der Waals surface area contributed by atoms with E-state index in [1.165, 1.54) is 0 Å². The molecule has 0 saturated heterocycles. The molecule has 0 radical (unpaired) electrons. The fourth-order valence-corrected chi connectivity index (χ4v) is 1.48. The Morgan fingerprint density at radius 1 is 1.42 bits per heavy atom. The van der Waals surface area contributed by atoms with Crippen molar-refractivity contribution in [2.75, 3.05) is 27.0 Å². The number of aliphatic imine (C=N–C) groups is 2. The summed E-state index contributed by atoms with van der Waals surface area (Å²) in [6.45, 7) is 0.483. The summed E-state index contributed by atoms with van der Waals surface area (Å²) in [7, 11) is 3.21. The van der Waals surface area contributed by atoms with E-state index in [4.69, 9.17) is 9.47 Å². The summed E-state index contributed by atoms with van der Waals surface area (Å²) >= 11 is 1.57. The summed E-state index contributed by atoms with van der Waals surface area (Å²) < 4.78 is 10.0. The molecule has 12 heavy (non-hydrogen) atoms. The van der Waals surface area contributed by atoms with Gasteiger partial charge in [-0.2, -0.15) is 0 Å². The minimum atomic E-state index is -0.0429. The Balaban J connectivity index is 2.68. The summed E-state index contributed by atoms with van der Waals surface area (Å²) in [5, 5.41) is -0.0429. The quantitative estimate of drug-likeness (QED) is 0.610. The molecular weight excluding hydrogens is 176 g/mol. The second-order valence-corrected chi connectivity index (χ2v) is 3.09. The van der Waals surface area contributed by atoms with E-state index in [0.29, 0.717) is 18.3 Å². The normalized spacial score (nSPS) is 22.8. The van der Waals surface area contributed by atoms with Crippen LogP contribution in [0.3, 0.4) is 0 Å². The van der Waals surface area contributed by atoms with Gasteiger partial charge < -0.3 is 9.47 Å². The van der Waals surface area contributed by atoms with Gasteiger partial charge in [-0.15, -0.1) is 11.8 Å². The molecule has 1 rings (SSSR count). The van der Waals surface area contributed by atoms with Gasteiger partial charge in [-0.05, 0) is 6.26 Å². The molecule has 1 aliphatic heterocycles. The molecule has 0 bridgehead atoms. The van der Waals surface area contributed by atoms with Crippen molar-refractivity contribution in [2.45, 2.75) is 5.37 Å². The Kier molecular flexibility index (Phi) is 3.40. The van der Waals surface area contributed by atoms with Crippen molar-refractivity contribution in [3.05, 3.63) is 0 Å². The highest BCUT2D eigenvalue weighted by Crippen LogP contribution is 2.14. The maximum absolute atomic E-state index is 5.05. The molecule has 1 atom stereocenters. The van der Waals surface area contributed by atoms with E-state index in [1.54, 1.807) is 26.0 Å². The van der Waals surface area contributed by atoms with Gasteiger partial charge in [-0.3, -0.25) is 0 Å². The van der Waals surface area contributed by atoms with Gasteiger partial charge in [0, 0.05) is 0 Å². The Hall–Kier alpha value is -0.710. The largest absolute Gasteiger partial charge is 0.483 e. The van der Waals surface area contributed by atoms with E-state index >= 15 is 0 Å². The summed E-state index contributed by atoms with van der Waals surface area (Å²) in [5.74, 6) is 1.33. The Labute approximate surface area is 76.1 Å². The van der Waals surface area contributed by atoms with Crippen molar-refractivity contribution in [3.8, 4) is 0 Å². The molecule has 0 aromatic rings. The molecule has 0 aromatic heterocycles. The zero-order valence-corrected chi connectivity index (χ0v) is 8.22. The minimum absolute atomic E-state index is 0.0429. The molecule has 68 valence electrons. The van der Waals surface area contributed by atoms with E-state index in [1.807, 2.05) is 6.26 Å². The summed E-state index contributed by atoms with van der Waals surface area (Å²) in [4.78, 5) is 8.44. The van der Waals surface area contributed by atoms with Crippen LogP contribution in [-0.4, -0.2) is 44.2 Å². The molecule has 0 aliphatic carbocycles. The lowest BCUT2D eigenvalue weighted by Gasteiger charge is -2.17. The van der Waals surface area contributed by atoms with Gasteiger partial charge in [0.25, 0.3) is 0 Å². The van der Waals surface area contributed by atoms with Crippen molar-refractivity contribution in [1.29, 1.82) is 0 Å². The first-order valence-corrected chi connectivity index (χ1v) is 4.82. The molecule has 0 aromatic carbocycles. The third-order valence-corrected chi connectivity index (χ3v) is 2.26. The van der Waals surface area contributed by atoms with Crippen LogP contribution in [0.15, 0.2) is 9.98 Å². The van der Waals surface area contributed by atoms with Crippen LogP contribution in [0.1, 0.15) is 0 Å². The van der Waals surface area contributed by atoms with Gasteiger partial charge >= 0.3 is 0 Å². The second-order valence-electron chi connectivity index (χ2n) is 2.17. The van der Waals surface area contributed by atoms with Crippen LogP contribution in [-0.2, 0) is 9.47 Å². The van der Waals surface area contributed by atoms with Crippen LogP contribution in [0, 0.1) is 0 Å². The Morgan fingerprint density at radius 2 is 2.17 bits per heavy atom. The first-order valence-electron chi connectivity index (χ1n) is 3.53. The van der Waals surface area contributed by atoms with Crippen LogP contribution < -0.4 is 0 Å². The molecule has 4 nitrogen and oxygen atoms in total. The molecular formula is C7H12N2O2S. The lowest BCUT2D eigenvalue weighted by atomic mass is 10.5. The summed E-state index contributed by atoms with van der Waals surface area (Å²) in [5.41, 5.74) is 0. The fraction of sp³-hybridized carbons (Fsp3) is 0.714. The topological polar surface area (TPSA) is 43.2 Å². The number of thioether (sulfide) groups is 1. The average Bonchev–Trinajstić information content (AvgIpc) is 2.16. The molecule has 0 saturated carbocycles. The number of rotatable bonds is 1. The van der Waals surface area contributed by atoms with Gasteiger partial charge in [0.15, 0.2) is 5.37 Å². The van der Waals surface area contributed by atoms with Gasteiger partial charge in [-0.1, -0.05) is 0 Å². The third kappa shape index (κ3) is 1.91.